The fourth-order valence-electron chi connectivity index (χ4n) is 1.64. The van der Waals surface area contributed by atoms with Gasteiger partial charge in [0.15, 0.2) is 0 Å². The van der Waals surface area contributed by atoms with Gasteiger partial charge in [0.25, 0.3) is 0 Å². The van der Waals surface area contributed by atoms with Gasteiger partial charge in [0.1, 0.15) is 5.60 Å². The zero-order chi connectivity index (χ0) is 12.3. The van der Waals surface area contributed by atoms with Crippen LogP contribution in [0.25, 0.3) is 0 Å². The largest absolute Gasteiger partial charge is 0.444 e. The average molecular weight is 227 g/mol. The number of aliphatic hydroxyl groups is 1. The molecule has 0 saturated heterocycles. The molecule has 0 fully saturated rings. The lowest BCUT2D eigenvalue weighted by atomic mass is 9.88. The summed E-state index contributed by atoms with van der Waals surface area (Å²) in [5.41, 5.74) is -0.490. The summed E-state index contributed by atoms with van der Waals surface area (Å²) in [7, 11) is 0. The number of hydrogen-bond donors (Lipinski definition) is 2. The van der Waals surface area contributed by atoms with Gasteiger partial charge in [-0.05, 0) is 27.2 Å². The third-order valence-corrected chi connectivity index (χ3v) is 2.60. The van der Waals surface area contributed by atoms with E-state index in [1.165, 1.54) is 0 Å². The van der Waals surface area contributed by atoms with Crippen molar-refractivity contribution >= 4 is 6.09 Å². The minimum Gasteiger partial charge on any atom is -0.444 e. The van der Waals surface area contributed by atoms with E-state index in [9.17, 15) is 9.90 Å². The quantitative estimate of drug-likeness (QED) is 0.672. The molecule has 1 amide bonds. The second-order valence-corrected chi connectivity index (χ2v) is 5.27. The number of carbonyl (C=O) groups is 1. The number of carbonyl (C=O) groups excluding carboxylic acids is 1. The topological polar surface area (TPSA) is 58.6 Å². The van der Waals surface area contributed by atoms with Gasteiger partial charge >= 0.3 is 6.09 Å². The van der Waals surface area contributed by atoms with E-state index in [0.717, 1.165) is 6.42 Å². The highest BCUT2D eigenvalue weighted by molar-refractivity contribution is 5.68. The number of amides is 1. The van der Waals surface area contributed by atoms with Gasteiger partial charge in [-0.3, -0.25) is 0 Å². The molecule has 1 aliphatic rings. The molecule has 1 rings (SSSR count). The fraction of sp³-hybridized carbons (Fsp3) is 0.750. The van der Waals surface area contributed by atoms with Crippen molar-refractivity contribution in [2.45, 2.75) is 51.9 Å². The summed E-state index contributed by atoms with van der Waals surface area (Å²) in [6.07, 6.45) is 3.46. The van der Waals surface area contributed by atoms with Gasteiger partial charge in [-0.1, -0.05) is 19.1 Å². The summed E-state index contributed by atoms with van der Waals surface area (Å²) in [6.45, 7) is 7.39. The third-order valence-electron chi connectivity index (χ3n) is 2.60. The SMILES string of the molecule is C[C@@H]1[C@@H](NC(=O)OC(C)(C)C)CC=C[C@@H]1O. The lowest BCUT2D eigenvalue weighted by Crippen LogP contribution is -2.46. The van der Waals surface area contributed by atoms with Crippen LogP contribution in [-0.2, 0) is 4.74 Å². The third kappa shape index (κ3) is 3.85. The number of hydrogen-bond acceptors (Lipinski definition) is 3. The lowest BCUT2D eigenvalue weighted by Gasteiger charge is -2.30. The predicted molar refractivity (Wildman–Crippen MR) is 62.1 cm³/mol. The molecule has 4 nitrogen and oxygen atoms in total. The Morgan fingerprint density at radius 3 is 2.69 bits per heavy atom. The van der Waals surface area contributed by atoms with E-state index in [0.29, 0.717) is 0 Å². The molecule has 4 heteroatoms. The number of alkyl carbamates (subject to hydrolysis) is 1. The Morgan fingerprint density at radius 1 is 1.50 bits per heavy atom. The van der Waals surface area contributed by atoms with E-state index in [1.54, 1.807) is 6.08 Å². The first-order chi connectivity index (χ1) is 7.29. The first-order valence-corrected chi connectivity index (χ1v) is 5.64. The summed E-state index contributed by atoms with van der Waals surface area (Å²) < 4.78 is 5.17. The maximum absolute atomic E-state index is 11.5. The smallest absolute Gasteiger partial charge is 0.407 e. The van der Waals surface area contributed by atoms with Crippen molar-refractivity contribution in [3.63, 3.8) is 0 Å². The summed E-state index contributed by atoms with van der Waals surface area (Å²) in [6, 6.07) is -0.0603. The van der Waals surface area contributed by atoms with E-state index in [2.05, 4.69) is 5.32 Å². The first-order valence-electron chi connectivity index (χ1n) is 5.64. The van der Waals surface area contributed by atoms with Crippen molar-refractivity contribution in [1.82, 2.24) is 5.32 Å². The molecule has 0 aromatic heterocycles. The highest BCUT2D eigenvalue weighted by Crippen LogP contribution is 2.19. The molecule has 92 valence electrons. The molecule has 0 saturated carbocycles. The Morgan fingerprint density at radius 2 is 2.12 bits per heavy atom. The number of nitrogens with one attached hydrogen (secondary N) is 1. The van der Waals surface area contributed by atoms with Crippen LogP contribution in [0.4, 0.5) is 4.79 Å². The van der Waals surface area contributed by atoms with Crippen molar-refractivity contribution in [2.75, 3.05) is 0 Å². The molecule has 0 aromatic rings. The maximum atomic E-state index is 11.5. The van der Waals surface area contributed by atoms with Gasteiger partial charge in [0, 0.05) is 12.0 Å². The highest BCUT2D eigenvalue weighted by Gasteiger charge is 2.28. The molecular weight excluding hydrogens is 206 g/mol. The van der Waals surface area contributed by atoms with E-state index in [4.69, 9.17) is 4.74 Å². The van der Waals surface area contributed by atoms with Crippen LogP contribution in [0, 0.1) is 5.92 Å². The van der Waals surface area contributed by atoms with Gasteiger partial charge < -0.3 is 15.2 Å². The van der Waals surface area contributed by atoms with E-state index in [-0.39, 0.29) is 12.0 Å². The molecule has 0 heterocycles. The molecule has 3 atom stereocenters. The van der Waals surface area contributed by atoms with E-state index >= 15 is 0 Å². The van der Waals surface area contributed by atoms with Crippen LogP contribution >= 0.6 is 0 Å². The van der Waals surface area contributed by atoms with Gasteiger partial charge in [0.2, 0.25) is 0 Å². The monoisotopic (exact) mass is 227 g/mol. The molecule has 0 bridgehead atoms. The minimum absolute atomic E-state index is 0.0116. The molecule has 16 heavy (non-hydrogen) atoms. The zero-order valence-electron chi connectivity index (χ0n) is 10.4. The fourth-order valence-corrected chi connectivity index (χ4v) is 1.64. The second-order valence-electron chi connectivity index (χ2n) is 5.27. The van der Waals surface area contributed by atoms with Crippen LogP contribution < -0.4 is 5.32 Å². The van der Waals surface area contributed by atoms with Gasteiger partial charge in [-0.25, -0.2) is 4.79 Å². The van der Waals surface area contributed by atoms with Gasteiger partial charge in [-0.2, -0.15) is 0 Å². The average Bonchev–Trinajstić information content (AvgIpc) is 2.09. The van der Waals surface area contributed by atoms with Crippen molar-refractivity contribution in [2.24, 2.45) is 5.92 Å². The minimum atomic E-state index is -0.492. The second kappa shape index (κ2) is 4.87. The van der Waals surface area contributed by atoms with Crippen LogP contribution in [0.2, 0.25) is 0 Å². The van der Waals surface area contributed by atoms with Crippen molar-refractivity contribution in [3.8, 4) is 0 Å². The van der Waals surface area contributed by atoms with Gasteiger partial charge in [0.05, 0.1) is 6.10 Å². The highest BCUT2D eigenvalue weighted by atomic mass is 16.6. The normalized spacial score (nSPS) is 29.9. The summed E-state index contributed by atoms with van der Waals surface area (Å²) in [5.74, 6) is 0.0116. The lowest BCUT2D eigenvalue weighted by molar-refractivity contribution is 0.0448. The molecule has 0 radical (unpaired) electrons. The predicted octanol–water partition coefficient (Wildman–Crippen LogP) is 1.84. The first kappa shape index (κ1) is 13.0. The zero-order valence-corrected chi connectivity index (χ0v) is 10.4. The van der Waals surface area contributed by atoms with Crippen molar-refractivity contribution in [1.29, 1.82) is 0 Å². The molecular formula is C12H21NO3. The summed E-state index contributed by atoms with van der Waals surface area (Å²) >= 11 is 0. The number of rotatable bonds is 1. The van der Waals surface area contributed by atoms with Crippen LogP contribution in [0.5, 0.6) is 0 Å². The van der Waals surface area contributed by atoms with E-state index in [1.807, 2.05) is 33.8 Å². The van der Waals surface area contributed by atoms with Crippen LogP contribution in [-0.4, -0.2) is 28.9 Å². The Bertz CT molecular complexity index is 280. The molecule has 1 aliphatic carbocycles. The molecule has 0 aliphatic heterocycles. The standard InChI is InChI=1S/C12H21NO3/c1-8-9(6-5-7-10(8)14)13-11(15)16-12(2,3)4/h5,7-10,14H,6H2,1-4H3,(H,13,15)/t8-,9+,10+/m1/s1. The Hall–Kier alpha value is -1.03. The van der Waals surface area contributed by atoms with Crippen molar-refractivity contribution < 1.29 is 14.6 Å². The Balaban J connectivity index is 2.48. The van der Waals surface area contributed by atoms with Crippen LogP contribution in [0.1, 0.15) is 34.1 Å². The van der Waals surface area contributed by atoms with Crippen molar-refractivity contribution in [3.05, 3.63) is 12.2 Å². The number of ether oxygens (including phenoxy) is 1. The molecule has 2 N–H and O–H groups in total. The Kier molecular flexibility index (Phi) is 3.97. The maximum Gasteiger partial charge on any atom is 0.407 e. The molecule has 0 spiro atoms. The summed E-state index contributed by atoms with van der Waals surface area (Å²) in [5, 5.41) is 12.4. The Labute approximate surface area is 96.7 Å². The van der Waals surface area contributed by atoms with Gasteiger partial charge in [-0.15, -0.1) is 0 Å². The summed E-state index contributed by atoms with van der Waals surface area (Å²) in [4.78, 5) is 11.5. The van der Waals surface area contributed by atoms with Crippen LogP contribution in [0.15, 0.2) is 12.2 Å². The number of aliphatic hydroxyl groups excluding tert-OH is 1. The van der Waals surface area contributed by atoms with Crippen LogP contribution in [0.3, 0.4) is 0 Å². The molecule has 0 unspecified atom stereocenters. The van der Waals surface area contributed by atoms with E-state index < -0.39 is 17.8 Å². The molecule has 0 aromatic carbocycles.